The lowest BCUT2D eigenvalue weighted by Crippen LogP contribution is -2.27. The summed E-state index contributed by atoms with van der Waals surface area (Å²) in [5.41, 5.74) is 1.06. The van der Waals surface area contributed by atoms with Crippen molar-refractivity contribution in [3.63, 3.8) is 0 Å². The molecule has 0 atom stereocenters. The molecule has 1 saturated carbocycles. The number of hydrogen-bond acceptors (Lipinski definition) is 2. The van der Waals surface area contributed by atoms with Crippen LogP contribution < -0.4 is 0 Å². The second-order valence-electron chi connectivity index (χ2n) is 4.28. The second-order valence-corrected chi connectivity index (χ2v) is 4.28. The van der Waals surface area contributed by atoms with E-state index in [1.54, 1.807) is 0 Å². The number of nitriles is 1. The zero-order chi connectivity index (χ0) is 11.9. The molecule has 17 heavy (non-hydrogen) atoms. The summed E-state index contributed by atoms with van der Waals surface area (Å²) in [7, 11) is 0. The molecular formula is C15H16N2. The minimum Gasteiger partial charge on any atom is -0.288 e. The number of benzene rings is 1. The maximum absolute atomic E-state index is 8.61. The van der Waals surface area contributed by atoms with Crippen molar-refractivity contribution in [1.82, 2.24) is 4.90 Å². The molecule has 0 unspecified atom stereocenters. The Hall–Kier alpha value is -1.77. The Morgan fingerprint density at radius 1 is 1.24 bits per heavy atom. The van der Waals surface area contributed by atoms with Crippen LogP contribution >= 0.6 is 0 Å². The molecule has 0 bridgehead atoms. The van der Waals surface area contributed by atoms with Gasteiger partial charge in [-0.1, -0.05) is 30.0 Å². The van der Waals surface area contributed by atoms with E-state index in [4.69, 9.17) is 5.26 Å². The highest BCUT2D eigenvalue weighted by molar-refractivity contribution is 5.33. The third-order valence-corrected chi connectivity index (χ3v) is 2.86. The molecule has 0 heterocycles. The SMILES string of the molecule is N#CCCN(CC#Cc1ccccc1)C1CC1. The van der Waals surface area contributed by atoms with E-state index in [9.17, 15) is 0 Å². The van der Waals surface area contributed by atoms with Gasteiger partial charge >= 0.3 is 0 Å². The molecule has 1 aliphatic carbocycles. The maximum atomic E-state index is 8.61. The first kappa shape index (κ1) is 11.7. The Bertz CT molecular complexity index is 443. The van der Waals surface area contributed by atoms with E-state index in [2.05, 4.69) is 22.8 Å². The van der Waals surface area contributed by atoms with Gasteiger partial charge in [-0.15, -0.1) is 0 Å². The first-order chi connectivity index (χ1) is 8.40. The predicted octanol–water partition coefficient (Wildman–Crippen LogP) is 2.42. The largest absolute Gasteiger partial charge is 0.288 e. The van der Waals surface area contributed by atoms with E-state index in [0.717, 1.165) is 18.7 Å². The van der Waals surface area contributed by atoms with E-state index >= 15 is 0 Å². The maximum Gasteiger partial charge on any atom is 0.0635 e. The Labute approximate surface area is 103 Å². The van der Waals surface area contributed by atoms with Gasteiger partial charge < -0.3 is 0 Å². The zero-order valence-corrected chi connectivity index (χ0v) is 9.89. The summed E-state index contributed by atoms with van der Waals surface area (Å²) in [6, 6.07) is 12.9. The molecule has 0 spiro atoms. The molecule has 2 nitrogen and oxygen atoms in total. The quantitative estimate of drug-likeness (QED) is 0.734. The van der Waals surface area contributed by atoms with E-state index in [0.29, 0.717) is 12.5 Å². The van der Waals surface area contributed by atoms with Crippen LogP contribution in [0, 0.1) is 23.2 Å². The van der Waals surface area contributed by atoms with Gasteiger partial charge in [0.05, 0.1) is 12.6 Å². The third-order valence-electron chi connectivity index (χ3n) is 2.86. The number of hydrogen-bond donors (Lipinski definition) is 0. The Morgan fingerprint density at radius 3 is 2.65 bits per heavy atom. The van der Waals surface area contributed by atoms with Gasteiger partial charge in [0.25, 0.3) is 0 Å². The molecule has 1 fully saturated rings. The average Bonchev–Trinajstić information content (AvgIpc) is 3.19. The van der Waals surface area contributed by atoms with Crippen LogP contribution in [0.2, 0.25) is 0 Å². The summed E-state index contributed by atoms with van der Waals surface area (Å²) < 4.78 is 0. The smallest absolute Gasteiger partial charge is 0.0635 e. The van der Waals surface area contributed by atoms with Crippen LogP contribution in [0.4, 0.5) is 0 Å². The van der Waals surface area contributed by atoms with Gasteiger partial charge in [-0.25, -0.2) is 0 Å². The molecule has 2 heteroatoms. The van der Waals surface area contributed by atoms with E-state index in [-0.39, 0.29) is 0 Å². The molecule has 1 aromatic rings. The van der Waals surface area contributed by atoms with Crippen molar-refractivity contribution < 1.29 is 0 Å². The number of nitrogens with zero attached hydrogens (tertiary/aromatic N) is 2. The van der Waals surface area contributed by atoms with Crippen LogP contribution in [0.25, 0.3) is 0 Å². The van der Waals surface area contributed by atoms with Crippen molar-refractivity contribution >= 4 is 0 Å². The molecule has 0 saturated heterocycles. The van der Waals surface area contributed by atoms with Crippen LogP contribution in [0.1, 0.15) is 24.8 Å². The zero-order valence-electron chi connectivity index (χ0n) is 9.89. The fourth-order valence-electron chi connectivity index (χ4n) is 1.79. The molecule has 0 radical (unpaired) electrons. The first-order valence-electron chi connectivity index (χ1n) is 6.05. The van der Waals surface area contributed by atoms with Crippen molar-refractivity contribution in [2.24, 2.45) is 0 Å². The Kier molecular flexibility index (Phi) is 4.19. The Morgan fingerprint density at radius 2 is 2.00 bits per heavy atom. The van der Waals surface area contributed by atoms with Crippen LogP contribution in [-0.2, 0) is 0 Å². The van der Waals surface area contributed by atoms with Gasteiger partial charge in [-0.3, -0.25) is 4.90 Å². The summed E-state index contributed by atoms with van der Waals surface area (Å²) in [5.74, 6) is 6.36. The fourth-order valence-corrected chi connectivity index (χ4v) is 1.79. The lowest BCUT2D eigenvalue weighted by molar-refractivity contribution is 0.304. The second kappa shape index (κ2) is 6.09. The van der Waals surface area contributed by atoms with Crippen molar-refractivity contribution in [2.45, 2.75) is 25.3 Å². The van der Waals surface area contributed by atoms with Gasteiger partial charge in [0, 0.05) is 24.6 Å². The molecule has 86 valence electrons. The summed E-state index contributed by atoms with van der Waals surface area (Å²) >= 11 is 0. The van der Waals surface area contributed by atoms with Gasteiger partial charge in [0.15, 0.2) is 0 Å². The van der Waals surface area contributed by atoms with Crippen molar-refractivity contribution in [3.8, 4) is 17.9 Å². The number of rotatable bonds is 4. The molecule has 1 aliphatic rings. The molecule has 0 N–H and O–H groups in total. The van der Waals surface area contributed by atoms with Crippen molar-refractivity contribution in [2.75, 3.05) is 13.1 Å². The summed E-state index contributed by atoms with van der Waals surface area (Å²) in [4.78, 5) is 2.32. The molecule has 1 aromatic carbocycles. The molecule has 0 aromatic heterocycles. The lowest BCUT2D eigenvalue weighted by atomic mass is 10.2. The Balaban J connectivity index is 1.87. The summed E-state index contributed by atoms with van der Waals surface area (Å²) in [6.07, 6.45) is 3.13. The highest BCUT2D eigenvalue weighted by Crippen LogP contribution is 2.26. The van der Waals surface area contributed by atoms with Crippen molar-refractivity contribution in [3.05, 3.63) is 35.9 Å². The van der Waals surface area contributed by atoms with Gasteiger partial charge in [0.2, 0.25) is 0 Å². The highest BCUT2D eigenvalue weighted by Gasteiger charge is 2.27. The predicted molar refractivity (Wildman–Crippen MR) is 68.1 cm³/mol. The van der Waals surface area contributed by atoms with Crippen molar-refractivity contribution in [1.29, 1.82) is 5.26 Å². The molecule has 2 rings (SSSR count). The molecule has 0 amide bonds. The topological polar surface area (TPSA) is 27.0 Å². The average molecular weight is 224 g/mol. The van der Waals surface area contributed by atoms with Crippen LogP contribution in [-0.4, -0.2) is 24.0 Å². The first-order valence-corrected chi connectivity index (χ1v) is 6.05. The van der Waals surface area contributed by atoms with Gasteiger partial charge in [0.1, 0.15) is 0 Å². The third kappa shape index (κ3) is 3.94. The fraction of sp³-hybridized carbons (Fsp3) is 0.400. The van der Waals surface area contributed by atoms with E-state index < -0.39 is 0 Å². The van der Waals surface area contributed by atoms with E-state index in [1.807, 2.05) is 30.3 Å². The standard InChI is InChI=1S/C15H16N2/c16-11-5-13-17(15-9-10-15)12-4-8-14-6-2-1-3-7-14/h1-3,6-7,15H,5,9-10,12-13H2. The molecule has 0 aliphatic heterocycles. The minimum absolute atomic E-state index is 0.601. The monoisotopic (exact) mass is 224 g/mol. The van der Waals surface area contributed by atoms with Crippen LogP contribution in [0.5, 0.6) is 0 Å². The molecular weight excluding hydrogens is 208 g/mol. The lowest BCUT2D eigenvalue weighted by Gasteiger charge is -2.16. The minimum atomic E-state index is 0.601. The summed E-state index contributed by atoms with van der Waals surface area (Å²) in [6.45, 7) is 1.63. The van der Waals surface area contributed by atoms with Gasteiger partial charge in [-0.05, 0) is 25.0 Å². The summed E-state index contributed by atoms with van der Waals surface area (Å²) in [5, 5.41) is 8.61. The normalized spacial score (nSPS) is 13.9. The highest BCUT2D eigenvalue weighted by atomic mass is 15.2. The van der Waals surface area contributed by atoms with E-state index in [1.165, 1.54) is 12.8 Å². The van der Waals surface area contributed by atoms with Crippen LogP contribution in [0.3, 0.4) is 0 Å². The van der Waals surface area contributed by atoms with Gasteiger partial charge in [-0.2, -0.15) is 5.26 Å². The van der Waals surface area contributed by atoms with Crippen LogP contribution in [0.15, 0.2) is 30.3 Å².